The average molecular weight is 302 g/mol. The quantitative estimate of drug-likeness (QED) is 0.618. The van der Waals surface area contributed by atoms with Gasteiger partial charge >= 0.3 is 5.97 Å². The lowest BCUT2D eigenvalue weighted by Gasteiger charge is -2.21. The number of nitrogens with zero attached hydrogens (tertiary/aromatic N) is 1. The zero-order chi connectivity index (χ0) is 15.7. The van der Waals surface area contributed by atoms with Crippen LogP contribution in [0.5, 0.6) is 0 Å². The summed E-state index contributed by atoms with van der Waals surface area (Å²) in [5, 5.41) is 19.7. The fourth-order valence-electron chi connectivity index (χ4n) is 1.53. The number of rotatable bonds is 5. The molecule has 0 aromatic heterocycles. The van der Waals surface area contributed by atoms with E-state index in [9.17, 15) is 23.3 Å². The number of benzene rings is 1. The van der Waals surface area contributed by atoms with Crippen molar-refractivity contribution >= 4 is 21.7 Å². The lowest BCUT2D eigenvalue weighted by atomic mass is 10.1. The number of nitro benzene ring substituents is 1. The second kappa shape index (κ2) is 5.17. The van der Waals surface area contributed by atoms with Crippen LogP contribution in [-0.4, -0.2) is 30.0 Å². The second-order valence-corrected chi connectivity index (χ2v) is 6.34. The number of nitrogens with one attached hydrogen (secondary N) is 1. The number of nitro groups is 1. The van der Waals surface area contributed by atoms with Crippen LogP contribution in [0, 0.1) is 17.0 Å². The Morgan fingerprint density at radius 3 is 2.40 bits per heavy atom. The third-order valence-electron chi connectivity index (χ3n) is 2.67. The molecule has 9 heteroatoms. The molecule has 0 aliphatic rings. The van der Waals surface area contributed by atoms with Crippen LogP contribution in [0.4, 0.5) is 5.69 Å². The third-order valence-corrected chi connectivity index (χ3v) is 4.47. The predicted molar refractivity (Wildman–Crippen MR) is 69.9 cm³/mol. The van der Waals surface area contributed by atoms with E-state index in [1.54, 1.807) is 0 Å². The van der Waals surface area contributed by atoms with Crippen molar-refractivity contribution in [2.45, 2.75) is 31.2 Å². The van der Waals surface area contributed by atoms with Gasteiger partial charge < -0.3 is 5.11 Å². The van der Waals surface area contributed by atoms with E-state index in [4.69, 9.17) is 5.11 Å². The molecule has 1 aromatic carbocycles. The van der Waals surface area contributed by atoms with E-state index in [1.807, 2.05) is 4.72 Å². The molecule has 0 saturated carbocycles. The monoisotopic (exact) mass is 302 g/mol. The van der Waals surface area contributed by atoms with Gasteiger partial charge in [-0.3, -0.25) is 14.9 Å². The van der Waals surface area contributed by atoms with Crippen LogP contribution in [0.2, 0.25) is 0 Å². The van der Waals surface area contributed by atoms with Gasteiger partial charge in [0, 0.05) is 11.6 Å². The Morgan fingerprint density at radius 2 is 1.95 bits per heavy atom. The molecule has 0 saturated heterocycles. The first kappa shape index (κ1) is 16.1. The fraction of sp³-hybridized carbons (Fsp3) is 0.364. The lowest BCUT2D eigenvalue weighted by Crippen LogP contribution is -2.49. The minimum Gasteiger partial charge on any atom is -0.480 e. The van der Waals surface area contributed by atoms with Gasteiger partial charge in [0.15, 0.2) is 0 Å². The molecule has 110 valence electrons. The minimum atomic E-state index is -4.18. The molecular weight excluding hydrogens is 288 g/mol. The van der Waals surface area contributed by atoms with Gasteiger partial charge in [-0.2, -0.15) is 4.72 Å². The highest BCUT2D eigenvalue weighted by Crippen LogP contribution is 2.25. The molecule has 0 atom stereocenters. The van der Waals surface area contributed by atoms with Crippen molar-refractivity contribution in [2.24, 2.45) is 0 Å². The van der Waals surface area contributed by atoms with Gasteiger partial charge in [0.05, 0.1) is 9.82 Å². The lowest BCUT2D eigenvalue weighted by molar-refractivity contribution is -0.385. The summed E-state index contributed by atoms with van der Waals surface area (Å²) >= 11 is 0. The van der Waals surface area contributed by atoms with E-state index in [-0.39, 0.29) is 16.1 Å². The highest BCUT2D eigenvalue weighted by molar-refractivity contribution is 7.89. The maximum absolute atomic E-state index is 12.2. The van der Waals surface area contributed by atoms with E-state index >= 15 is 0 Å². The number of carbonyl (C=O) groups is 1. The molecule has 20 heavy (non-hydrogen) atoms. The topological polar surface area (TPSA) is 127 Å². The van der Waals surface area contributed by atoms with Crippen LogP contribution < -0.4 is 4.72 Å². The summed E-state index contributed by atoms with van der Waals surface area (Å²) in [7, 11) is -4.18. The highest BCUT2D eigenvalue weighted by atomic mass is 32.2. The molecule has 8 nitrogen and oxygen atoms in total. The molecule has 0 radical (unpaired) electrons. The normalized spacial score (nSPS) is 12.2. The number of carboxylic acids is 1. The van der Waals surface area contributed by atoms with E-state index in [2.05, 4.69) is 0 Å². The van der Waals surface area contributed by atoms with Crippen molar-refractivity contribution in [3.05, 3.63) is 33.9 Å². The van der Waals surface area contributed by atoms with Gasteiger partial charge in [-0.05, 0) is 26.8 Å². The Morgan fingerprint density at radius 1 is 1.40 bits per heavy atom. The summed E-state index contributed by atoms with van der Waals surface area (Å²) in [6, 6.07) is 3.59. The number of hydrogen-bond donors (Lipinski definition) is 2. The maximum atomic E-state index is 12.2. The van der Waals surface area contributed by atoms with E-state index < -0.39 is 26.5 Å². The molecule has 0 spiro atoms. The van der Waals surface area contributed by atoms with E-state index in [0.717, 1.165) is 0 Å². The highest BCUT2D eigenvalue weighted by Gasteiger charge is 2.34. The largest absolute Gasteiger partial charge is 0.480 e. The fourth-order valence-corrected chi connectivity index (χ4v) is 3.16. The van der Waals surface area contributed by atoms with Gasteiger partial charge in [0.25, 0.3) is 5.69 Å². The molecule has 0 aliphatic carbocycles. The Kier molecular flexibility index (Phi) is 4.15. The van der Waals surface area contributed by atoms with Crippen molar-refractivity contribution < 1.29 is 23.2 Å². The zero-order valence-electron chi connectivity index (χ0n) is 11.1. The molecule has 0 heterocycles. The van der Waals surface area contributed by atoms with Crippen molar-refractivity contribution in [3.63, 3.8) is 0 Å². The summed E-state index contributed by atoms with van der Waals surface area (Å²) in [6.07, 6.45) is 0. The SMILES string of the molecule is Cc1c([N+](=O)[O-])cccc1S(=O)(=O)NC(C)(C)C(=O)O. The number of carboxylic acid groups (broad SMARTS) is 1. The van der Waals surface area contributed by atoms with Crippen LogP contribution in [0.15, 0.2) is 23.1 Å². The summed E-state index contributed by atoms with van der Waals surface area (Å²) in [6.45, 7) is 3.65. The van der Waals surface area contributed by atoms with Crippen molar-refractivity contribution in [2.75, 3.05) is 0 Å². The molecule has 2 N–H and O–H groups in total. The first-order chi connectivity index (χ1) is 8.99. The molecule has 0 aliphatic heterocycles. The second-order valence-electron chi connectivity index (χ2n) is 4.69. The first-order valence-corrected chi connectivity index (χ1v) is 6.99. The number of aliphatic carboxylic acids is 1. The van der Waals surface area contributed by atoms with Crippen molar-refractivity contribution in [3.8, 4) is 0 Å². The van der Waals surface area contributed by atoms with E-state index in [1.165, 1.54) is 39.0 Å². The standard InChI is InChI=1S/C11H14N2O6S/c1-7-8(13(16)17)5-4-6-9(7)20(18,19)12-11(2,3)10(14)15/h4-6,12H,1-3H3,(H,14,15). The summed E-state index contributed by atoms with van der Waals surface area (Å²) in [4.78, 5) is 20.7. The van der Waals surface area contributed by atoms with E-state index in [0.29, 0.717) is 0 Å². The molecule has 0 fully saturated rings. The van der Waals surface area contributed by atoms with Gasteiger partial charge in [-0.25, -0.2) is 8.42 Å². The smallest absolute Gasteiger partial charge is 0.324 e. The average Bonchev–Trinajstić information content (AvgIpc) is 2.26. The molecule has 0 unspecified atom stereocenters. The van der Waals surface area contributed by atoms with Crippen LogP contribution in [0.1, 0.15) is 19.4 Å². The predicted octanol–water partition coefficient (Wildman–Crippen LogP) is 1.04. The summed E-state index contributed by atoms with van der Waals surface area (Å²) < 4.78 is 26.3. The van der Waals surface area contributed by atoms with Crippen LogP contribution in [0.25, 0.3) is 0 Å². The van der Waals surface area contributed by atoms with Gasteiger partial charge in [0.1, 0.15) is 5.54 Å². The molecular formula is C11H14N2O6S. The minimum absolute atomic E-state index is 0.0498. The molecule has 0 bridgehead atoms. The van der Waals surface area contributed by atoms with Crippen molar-refractivity contribution in [1.29, 1.82) is 0 Å². The summed E-state index contributed by atoms with van der Waals surface area (Å²) in [5.41, 5.74) is -2.12. The van der Waals surface area contributed by atoms with Gasteiger partial charge in [0.2, 0.25) is 10.0 Å². The Labute approximate surface area is 115 Å². The maximum Gasteiger partial charge on any atom is 0.324 e. The van der Waals surface area contributed by atoms with Crippen LogP contribution in [0.3, 0.4) is 0 Å². The first-order valence-electron chi connectivity index (χ1n) is 5.50. The molecule has 1 aromatic rings. The van der Waals surface area contributed by atoms with Crippen molar-refractivity contribution in [1.82, 2.24) is 4.72 Å². The molecule has 0 amide bonds. The Hall–Kier alpha value is -2.00. The number of hydrogen-bond acceptors (Lipinski definition) is 5. The third kappa shape index (κ3) is 3.11. The Bertz CT molecular complexity index is 665. The number of sulfonamides is 1. The summed E-state index contributed by atoms with van der Waals surface area (Å²) in [5.74, 6) is -1.36. The van der Waals surface area contributed by atoms with Crippen LogP contribution >= 0.6 is 0 Å². The Balaban J connectivity index is 3.34. The van der Waals surface area contributed by atoms with Gasteiger partial charge in [-0.15, -0.1) is 0 Å². The zero-order valence-corrected chi connectivity index (χ0v) is 11.9. The van der Waals surface area contributed by atoms with Crippen LogP contribution in [-0.2, 0) is 14.8 Å². The van der Waals surface area contributed by atoms with Gasteiger partial charge in [-0.1, -0.05) is 6.07 Å². The molecule has 1 rings (SSSR count).